The maximum Gasteiger partial charge on any atom is 0.335 e. The van der Waals surface area contributed by atoms with Gasteiger partial charge in [0.2, 0.25) is 0 Å². The van der Waals surface area contributed by atoms with Crippen LogP contribution in [0.15, 0.2) is 71.4 Å². The molecule has 0 aliphatic heterocycles. The van der Waals surface area contributed by atoms with Crippen molar-refractivity contribution < 1.29 is 14.3 Å². The first-order valence-corrected chi connectivity index (χ1v) is 7.85. The lowest BCUT2D eigenvalue weighted by molar-refractivity contribution is 0.0697. The van der Waals surface area contributed by atoms with E-state index in [0.717, 1.165) is 17.1 Å². The van der Waals surface area contributed by atoms with Crippen molar-refractivity contribution in [2.24, 2.45) is 0 Å². The van der Waals surface area contributed by atoms with E-state index in [1.807, 2.05) is 36.4 Å². The van der Waals surface area contributed by atoms with Crippen molar-refractivity contribution in [3.8, 4) is 0 Å². The minimum Gasteiger partial charge on any atom is -0.478 e. The van der Waals surface area contributed by atoms with Crippen molar-refractivity contribution in [1.29, 1.82) is 0 Å². The first-order valence-electron chi connectivity index (χ1n) is 7.85. The molecule has 2 heterocycles. The zero-order valence-electron chi connectivity index (χ0n) is 13.5. The Labute approximate surface area is 148 Å². The molecule has 0 amide bonds. The maximum absolute atomic E-state index is 11.0. The molecule has 7 nitrogen and oxygen atoms in total. The van der Waals surface area contributed by atoms with Crippen molar-refractivity contribution in [1.82, 2.24) is 9.97 Å². The van der Waals surface area contributed by atoms with Gasteiger partial charge in [0.05, 0.1) is 5.56 Å². The molecule has 2 aromatic heterocycles. The van der Waals surface area contributed by atoms with E-state index in [-0.39, 0.29) is 5.56 Å². The third-order valence-electron chi connectivity index (χ3n) is 3.74. The molecule has 0 unspecified atom stereocenters. The van der Waals surface area contributed by atoms with Gasteiger partial charge in [0, 0.05) is 29.5 Å². The Morgan fingerprint density at radius 2 is 1.54 bits per heavy atom. The largest absolute Gasteiger partial charge is 0.478 e. The molecule has 7 heteroatoms. The van der Waals surface area contributed by atoms with Gasteiger partial charge < -0.3 is 20.2 Å². The highest BCUT2D eigenvalue weighted by Crippen LogP contribution is 2.24. The number of nitrogens with zero attached hydrogens (tertiary/aromatic N) is 2. The van der Waals surface area contributed by atoms with Crippen molar-refractivity contribution in [2.45, 2.75) is 0 Å². The lowest BCUT2D eigenvalue weighted by atomic mass is 10.2. The number of benzene rings is 2. The number of carbonyl (C=O) groups is 1. The smallest absolute Gasteiger partial charge is 0.335 e. The summed E-state index contributed by atoms with van der Waals surface area (Å²) in [7, 11) is 0. The summed E-state index contributed by atoms with van der Waals surface area (Å²) >= 11 is 0. The third kappa shape index (κ3) is 3.32. The molecular formula is C19H14N4O3. The van der Waals surface area contributed by atoms with Gasteiger partial charge in [-0.25, -0.2) is 4.79 Å². The van der Waals surface area contributed by atoms with Crippen LogP contribution in [-0.2, 0) is 0 Å². The van der Waals surface area contributed by atoms with Gasteiger partial charge in [0.15, 0.2) is 5.58 Å². The Kier molecular flexibility index (Phi) is 3.95. The molecule has 2 aromatic carbocycles. The number of hydrogen-bond acceptors (Lipinski definition) is 6. The maximum atomic E-state index is 11.0. The van der Waals surface area contributed by atoms with Gasteiger partial charge >= 0.3 is 5.97 Å². The van der Waals surface area contributed by atoms with Gasteiger partial charge in [-0.1, -0.05) is 0 Å². The molecule has 0 bridgehead atoms. The molecule has 3 N–H and O–H groups in total. The lowest BCUT2D eigenvalue weighted by Crippen LogP contribution is -1.94. The molecule has 0 aliphatic carbocycles. The quantitative estimate of drug-likeness (QED) is 0.492. The van der Waals surface area contributed by atoms with E-state index in [1.54, 1.807) is 18.5 Å². The Morgan fingerprint density at radius 1 is 0.885 bits per heavy atom. The highest BCUT2D eigenvalue weighted by Gasteiger charge is 2.10. The van der Waals surface area contributed by atoms with Crippen molar-refractivity contribution in [3.63, 3.8) is 0 Å². The van der Waals surface area contributed by atoms with Crippen LogP contribution in [0.4, 0.5) is 23.1 Å². The highest BCUT2D eigenvalue weighted by molar-refractivity contribution is 5.92. The third-order valence-corrected chi connectivity index (χ3v) is 3.74. The second-order valence-corrected chi connectivity index (χ2v) is 5.57. The van der Waals surface area contributed by atoms with Crippen LogP contribution in [-0.4, -0.2) is 21.0 Å². The summed E-state index contributed by atoms with van der Waals surface area (Å²) in [5, 5.41) is 15.4. The summed E-state index contributed by atoms with van der Waals surface area (Å²) in [6, 6.07) is 16.3. The molecule has 26 heavy (non-hydrogen) atoms. The van der Waals surface area contributed by atoms with Crippen LogP contribution < -0.4 is 10.6 Å². The van der Waals surface area contributed by atoms with Crippen LogP contribution >= 0.6 is 0 Å². The van der Waals surface area contributed by atoms with E-state index >= 15 is 0 Å². The number of carboxylic acids is 1. The first-order chi connectivity index (χ1) is 12.7. The number of carboxylic acid groups (broad SMARTS) is 1. The summed E-state index contributed by atoms with van der Waals surface area (Å²) < 4.78 is 5.58. The topological polar surface area (TPSA) is 100 Å². The predicted octanol–water partition coefficient (Wildman–Crippen LogP) is 4.41. The van der Waals surface area contributed by atoms with Crippen LogP contribution in [0.3, 0.4) is 0 Å². The molecule has 4 rings (SSSR count). The van der Waals surface area contributed by atoms with Crippen LogP contribution in [0.1, 0.15) is 10.4 Å². The van der Waals surface area contributed by atoms with E-state index in [0.29, 0.717) is 17.1 Å². The number of rotatable bonds is 5. The minimum atomic E-state index is -1.00. The fourth-order valence-corrected chi connectivity index (χ4v) is 2.47. The molecule has 0 saturated carbocycles. The van der Waals surface area contributed by atoms with Crippen molar-refractivity contribution in [2.75, 3.05) is 10.6 Å². The molecule has 128 valence electrons. The molecule has 0 fully saturated rings. The van der Waals surface area contributed by atoms with Gasteiger partial charge in [0.1, 0.15) is 5.52 Å². The Balaban J connectivity index is 1.50. The zero-order chi connectivity index (χ0) is 17.9. The number of aromatic nitrogens is 2. The number of aromatic carboxylic acids is 1. The van der Waals surface area contributed by atoms with Gasteiger partial charge in [-0.15, -0.1) is 0 Å². The van der Waals surface area contributed by atoms with E-state index in [2.05, 4.69) is 20.6 Å². The normalized spacial score (nSPS) is 10.6. The fourth-order valence-electron chi connectivity index (χ4n) is 2.47. The second kappa shape index (κ2) is 6.56. The van der Waals surface area contributed by atoms with E-state index in [9.17, 15) is 4.79 Å². The summed E-state index contributed by atoms with van der Waals surface area (Å²) in [4.78, 5) is 19.3. The predicted molar refractivity (Wildman–Crippen MR) is 98.2 cm³/mol. The lowest BCUT2D eigenvalue weighted by Gasteiger charge is -2.07. The first kappa shape index (κ1) is 15.6. The summed E-state index contributed by atoms with van der Waals surface area (Å²) in [6.45, 7) is 0. The zero-order valence-corrected chi connectivity index (χ0v) is 13.5. The van der Waals surface area contributed by atoms with Crippen LogP contribution in [0.25, 0.3) is 11.1 Å². The summed E-state index contributed by atoms with van der Waals surface area (Å²) in [6.07, 6.45) is 3.45. The molecular weight excluding hydrogens is 332 g/mol. The molecule has 0 radical (unpaired) electrons. The molecule has 0 aliphatic rings. The summed E-state index contributed by atoms with van der Waals surface area (Å²) in [5.74, 6) is -1.00. The second-order valence-electron chi connectivity index (χ2n) is 5.57. The van der Waals surface area contributed by atoms with Crippen LogP contribution in [0.5, 0.6) is 0 Å². The van der Waals surface area contributed by atoms with Gasteiger partial charge in [0.25, 0.3) is 6.01 Å². The molecule has 0 saturated heterocycles. The summed E-state index contributed by atoms with van der Waals surface area (Å²) in [5.41, 5.74) is 3.86. The van der Waals surface area contributed by atoms with Crippen molar-refractivity contribution in [3.05, 3.63) is 72.6 Å². The molecule has 0 spiro atoms. The van der Waals surface area contributed by atoms with Crippen molar-refractivity contribution >= 4 is 40.1 Å². The fraction of sp³-hybridized carbons (Fsp3) is 0. The average molecular weight is 346 g/mol. The van der Waals surface area contributed by atoms with Gasteiger partial charge in [-0.05, 0) is 54.6 Å². The number of anilines is 4. The minimum absolute atomic E-state index is 0.159. The highest BCUT2D eigenvalue weighted by atomic mass is 16.4. The number of oxazole rings is 1. The number of hydrogen-bond donors (Lipinski definition) is 3. The van der Waals surface area contributed by atoms with E-state index < -0.39 is 5.97 Å². The number of pyridine rings is 1. The number of fused-ring (bicyclic) bond motifs is 1. The van der Waals surface area contributed by atoms with E-state index in [1.165, 1.54) is 12.1 Å². The molecule has 0 atom stereocenters. The van der Waals surface area contributed by atoms with Gasteiger partial charge in [-0.2, -0.15) is 4.98 Å². The van der Waals surface area contributed by atoms with Crippen LogP contribution in [0, 0.1) is 0 Å². The van der Waals surface area contributed by atoms with Crippen LogP contribution in [0.2, 0.25) is 0 Å². The molecule has 4 aromatic rings. The Hall–Kier alpha value is -3.87. The van der Waals surface area contributed by atoms with E-state index in [4.69, 9.17) is 9.52 Å². The number of nitrogens with one attached hydrogen (secondary N) is 2. The SMILES string of the molecule is O=C(O)c1ccc2nc(Nc3ccc(Nc4ccncc4)cc3)oc2c1. The monoisotopic (exact) mass is 346 g/mol. The Morgan fingerprint density at radius 3 is 2.23 bits per heavy atom. The average Bonchev–Trinajstić information content (AvgIpc) is 3.05. The Bertz CT molecular complexity index is 1060. The standard InChI is InChI=1S/C19H14N4O3/c24-18(25)12-1-6-16-17(11-12)26-19(23-16)22-14-4-2-13(3-5-14)21-15-7-9-20-10-8-15/h1-11H,(H,20,21)(H,22,23)(H,24,25). The van der Waals surface area contributed by atoms with Gasteiger partial charge in [-0.3, -0.25) is 4.98 Å².